The number of hydrogen-bond donors (Lipinski definition) is 3. The number of phenols is 1. The summed E-state index contributed by atoms with van der Waals surface area (Å²) in [5.74, 6) is 0.151. The molecule has 7 nitrogen and oxygen atoms in total. The van der Waals surface area contributed by atoms with Gasteiger partial charge in [-0.2, -0.15) is 0 Å². The van der Waals surface area contributed by atoms with Crippen LogP contribution < -0.4 is 10.0 Å². The number of sulfonamides is 1. The average Bonchev–Trinajstić information content (AvgIpc) is 3.22. The van der Waals surface area contributed by atoms with Crippen molar-refractivity contribution in [2.75, 3.05) is 13.1 Å². The van der Waals surface area contributed by atoms with Gasteiger partial charge in [0.2, 0.25) is 0 Å². The fourth-order valence-corrected chi connectivity index (χ4v) is 10.2. The quantitative estimate of drug-likeness (QED) is 0.194. The first kappa shape index (κ1) is 23.2. The number of nitrogens with zero attached hydrogens (tertiary/aromatic N) is 2. The van der Waals surface area contributed by atoms with Crippen LogP contribution in [0.15, 0.2) is 97.8 Å². The molecule has 0 fully saturated rings. The van der Waals surface area contributed by atoms with Gasteiger partial charge in [-0.15, -0.1) is 0 Å². The molecule has 0 saturated heterocycles. The van der Waals surface area contributed by atoms with Crippen molar-refractivity contribution in [3.8, 4) is 5.75 Å². The zero-order chi connectivity index (χ0) is 23.7. The summed E-state index contributed by atoms with van der Waals surface area (Å²) in [5.41, 5.74) is 1.28. The maximum absolute atomic E-state index is 12.8. The van der Waals surface area contributed by atoms with Crippen molar-refractivity contribution in [1.29, 1.82) is 0 Å². The predicted molar refractivity (Wildman–Crippen MR) is 148 cm³/mol. The molecule has 0 atom stereocenters. The molecule has 3 aromatic carbocycles. The van der Waals surface area contributed by atoms with E-state index in [2.05, 4.69) is 29.2 Å². The number of halogens is 2. The minimum absolute atomic E-state index is 0.151. The standard InChI is InChI=1S/C24H20BrIN4O3S/c25-20-15-28-26-23(14-21(30-24(20)26)19-7-3-4-8-22(19)31)27-11-12-29-34(32,33)18-10-9-16-5-1-2-6-17(16)13-18/h1-10,13-15,27,29,31H,11-12H2. The number of aliphatic imine (C=N–C) groups is 1. The van der Waals surface area contributed by atoms with E-state index in [1.807, 2.05) is 48.5 Å². The number of rotatable bonds is 7. The summed E-state index contributed by atoms with van der Waals surface area (Å²) in [5, 5.41) is 15.5. The molecule has 2 heterocycles. The van der Waals surface area contributed by atoms with Crippen LogP contribution in [0.1, 0.15) is 5.56 Å². The average molecular weight is 651 g/mol. The van der Waals surface area contributed by atoms with Crippen LogP contribution in [0.3, 0.4) is 0 Å². The molecule has 0 amide bonds. The molecular weight excluding hydrogens is 631 g/mol. The number of benzene rings is 3. The van der Waals surface area contributed by atoms with Crippen LogP contribution in [0.5, 0.6) is 5.75 Å². The van der Waals surface area contributed by atoms with E-state index in [-0.39, 0.29) is 17.2 Å². The molecule has 0 spiro atoms. The van der Waals surface area contributed by atoms with Crippen molar-refractivity contribution >= 4 is 68.7 Å². The number of aromatic hydroxyl groups is 1. The van der Waals surface area contributed by atoms with E-state index >= 15 is 0 Å². The summed E-state index contributed by atoms with van der Waals surface area (Å²) in [6, 6.07) is 19.8. The molecule has 0 unspecified atom stereocenters. The zero-order valence-electron chi connectivity index (χ0n) is 17.7. The van der Waals surface area contributed by atoms with Gasteiger partial charge in [-0.25, -0.2) is 0 Å². The summed E-state index contributed by atoms with van der Waals surface area (Å²) >= 11 is 1.42. The molecule has 5 rings (SSSR count). The Morgan fingerprint density at radius 2 is 1.74 bits per heavy atom. The van der Waals surface area contributed by atoms with Crippen molar-refractivity contribution in [2.45, 2.75) is 4.90 Å². The Hall–Kier alpha value is -2.54. The third kappa shape index (κ3) is 4.67. The van der Waals surface area contributed by atoms with Crippen LogP contribution in [0.25, 0.3) is 10.8 Å². The van der Waals surface area contributed by atoms with E-state index in [4.69, 9.17) is 4.99 Å². The molecule has 2 aliphatic heterocycles. The molecular formula is C24H20BrIN4O3S. The van der Waals surface area contributed by atoms with E-state index in [1.165, 1.54) is 0 Å². The molecule has 0 aliphatic carbocycles. The van der Waals surface area contributed by atoms with Crippen LogP contribution in [0.4, 0.5) is 0 Å². The summed E-state index contributed by atoms with van der Waals surface area (Å²) in [7, 11) is -3.64. The van der Waals surface area contributed by atoms with Crippen molar-refractivity contribution < 1.29 is 13.5 Å². The Kier molecular flexibility index (Phi) is 6.56. The van der Waals surface area contributed by atoms with E-state index in [0.29, 0.717) is 17.8 Å². The first-order valence-electron chi connectivity index (χ1n) is 10.4. The van der Waals surface area contributed by atoms with Crippen LogP contribution in [0, 0.1) is 0 Å². The van der Waals surface area contributed by atoms with Gasteiger partial charge in [0.05, 0.1) is 0 Å². The van der Waals surface area contributed by atoms with E-state index in [9.17, 15) is 13.5 Å². The van der Waals surface area contributed by atoms with E-state index in [0.717, 1.165) is 22.7 Å². The second-order valence-corrected chi connectivity index (χ2v) is 14.3. The number of para-hydroxylation sites is 1. The number of hydrogen-bond acceptors (Lipinski definition) is 6. The molecule has 174 valence electrons. The minimum atomic E-state index is -3.64. The van der Waals surface area contributed by atoms with Gasteiger partial charge in [-0.1, -0.05) is 0 Å². The van der Waals surface area contributed by atoms with Gasteiger partial charge in [0, 0.05) is 0 Å². The van der Waals surface area contributed by atoms with Gasteiger partial charge < -0.3 is 0 Å². The number of nitrogens with one attached hydrogen (secondary N) is 2. The monoisotopic (exact) mass is 650 g/mol. The summed E-state index contributed by atoms with van der Waals surface area (Å²) in [4.78, 5) is 4.98. The summed E-state index contributed by atoms with van der Waals surface area (Å²) < 4.78 is 35.6. The van der Waals surface area contributed by atoms with Crippen LogP contribution >= 0.6 is 36.0 Å². The normalized spacial score (nSPS) is 16.4. The Morgan fingerprint density at radius 3 is 2.56 bits per heavy atom. The Balaban J connectivity index is 1.30. The fraction of sp³-hybridized carbons (Fsp3) is 0.0833. The number of allylic oxidation sites excluding steroid dienone is 2. The Labute approximate surface area is 213 Å². The topological polar surface area (TPSA) is 103 Å². The Bertz CT molecular complexity index is 1520. The first-order valence-corrected chi connectivity index (χ1v) is 15.8. The number of phenolic OH excluding ortho intramolecular Hbond substituents is 1. The van der Waals surface area contributed by atoms with Gasteiger partial charge >= 0.3 is 215 Å². The Morgan fingerprint density at radius 1 is 0.971 bits per heavy atom. The van der Waals surface area contributed by atoms with Crippen molar-refractivity contribution in [1.82, 2.24) is 10.0 Å². The zero-order valence-corrected chi connectivity index (χ0v) is 22.3. The van der Waals surface area contributed by atoms with Crippen LogP contribution in [0.2, 0.25) is 0 Å². The molecule has 0 radical (unpaired) electrons. The van der Waals surface area contributed by atoms with Crippen LogP contribution in [-0.2, 0) is 10.0 Å². The second kappa shape index (κ2) is 9.61. The fourth-order valence-electron chi connectivity index (χ4n) is 3.56. The molecule has 0 bridgehead atoms. The third-order valence-corrected chi connectivity index (χ3v) is 12.4. The molecule has 2 aliphatic rings. The van der Waals surface area contributed by atoms with Gasteiger partial charge in [-0.3, -0.25) is 0 Å². The van der Waals surface area contributed by atoms with Gasteiger partial charge in [0.15, 0.2) is 0 Å². The van der Waals surface area contributed by atoms with Gasteiger partial charge in [0.1, 0.15) is 0 Å². The van der Waals surface area contributed by atoms with Gasteiger partial charge in [0.25, 0.3) is 0 Å². The first-order chi connectivity index (χ1) is 16.4. The third-order valence-electron chi connectivity index (χ3n) is 5.22. The van der Waals surface area contributed by atoms with Crippen molar-refractivity contribution in [3.05, 3.63) is 90.3 Å². The van der Waals surface area contributed by atoms with E-state index < -0.39 is 30.1 Å². The predicted octanol–water partition coefficient (Wildman–Crippen LogP) is 4.83. The van der Waals surface area contributed by atoms with E-state index in [1.54, 1.807) is 30.5 Å². The van der Waals surface area contributed by atoms with Crippen LogP contribution in [-0.4, -0.2) is 38.5 Å². The van der Waals surface area contributed by atoms with Crippen molar-refractivity contribution in [2.24, 2.45) is 8.20 Å². The van der Waals surface area contributed by atoms with Crippen molar-refractivity contribution in [3.63, 3.8) is 0 Å². The molecule has 0 aromatic heterocycles. The molecule has 34 heavy (non-hydrogen) atoms. The summed E-state index contributed by atoms with van der Waals surface area (Å²) in [6.07, 6.45) is 3.68. The maximum atomic E-state index is 12.8. The second-order valence-electron chi connectivity index (χ2n) is 7.47. The molecule has 10 heteroatoms. The summed E-state index contributed by atoms with van der Waals surface area (Å²) in [6.45, 7) is 0.602. The molecule has 3 N–H and O–H groups in total. The van der Waals surface area contributed by atoms with Gasteiger partial charge in [-0.05, 0) is 0 Å². The molecule has 3 aromatic rings. The SMILES string of the molecule is O=S(=O)(NCCNC1=CC(c2ccccc2O)=NC2=C(Br)C=NI12)c1ccc2ccccc2c1. The number of fused-ring (bicyclic) bond motifs is 2. The molecule has 0 saturated carbocycles.